The Bertz CT molecular complexity index is 609. The van der Waals surface area contributed by atoms with Crippen molar-refractivity contribution in [1.82, 2.24) is 0 Å². The monoisotopic (exact) mass is 324 g/mol. The molecule has 0 saturated heterocycles. The first-order valence-corrected chi connectivity index (χ1v) is 7.15. The van der Waals surface area contributed by atoms with Gasteiger partial charge in [0.15, 0.2) is 5.78 Å². The van der Waals surface area contributed by atoms with Crippen molar-refractivity contribution < 1.29 is 23.8 Å². The molecule has 0 spiro atoms. The van der Waals surface area contributed by atoms with Crippen LogP contribution < -0.4 is 4.74 Å². The normalized spacial score (nSPS) is 12.1. The van der Waals surface area contributed by atoms with E-state index in [1.807, 2.05) is 0 Å². The number of hydrogen-bond acceptors (Lipinski definition) is 5. The molecular weight excluding hydrogens is 308 g/mol. The fourth-order valence-corrected chi connectivity index (χ4v) is 2.00. The first-order valence-electron chi connectivity index (χ1n) is 6.77. The van der Waals surface area contributed by atoms with Crippen LogP contribution in [0.2, 0.25) is 5.02 Å². The Kier molecular flexibility index (Phi) is 6.00. The first kappa shape index (κ1) is 16.5. The number of carbonyl (C=O) groups excluding carboxylic acids is 1. The molecule has 0 bridgehead atoms. The van der Waals surface area contributed by atoms with Gasteiger partial charge in [-0.3, -0.25) is 4.79 Å². The van der Waals surface area contributed by atoms with Crippen molar-refractivity contribution in [2.45, 2.75) is 19.6 Å². The summed E-state index contributed by atoms with van der Waals surface area (Å²) in [6.45, 7) is 1.83. The second-order valence-corrected chi connectivity index (χ2v) is 5.19. The molecule has 118 valence electrons. The second-order valence-electron chi connectivity index (χ2n) is 4.76. The van der Waals surface area contributed by atoms with Gasteiger partial charge in [-0.25, -0.2) is 0 Å². The van der Waals surface area contributed by atoms with Crippen LogP contribution in [0.5, 0.6) is 5.75 Å². The summed E-state index contributed by atoms with van der Waals surface area (Å²) in [5.41, 5.74) is 0.385. The average Bonchev–Trinajstić information content (AvgIpc) is 2.99. The van der Waals surface area contributed by atoms with Gasteiger partial charge in [0.1, 0.15) is 30.8 Å². The fraction of sp³-hybridized carbons (Fsp3) is 0.312. The molecule has 1 heterocycles. The quantitative estimate of drug-likeness (QED) is 0.756. The molecular formula is C16H17ClO5. The fourth-order valence-electron chi connectivity index (χ4n) is 1.83. The summed E-state index contributed by atoms with van der Waals surface area (Å²) >= 11 is 5.85. The van der Waals surface area contributed by atoms with Crippen LogP contribution in [0.1, 0.15) is 23.0 Å². The zero-order valence-electron chi connectivity index (χ0n) is 12.1. The standard InChI is InChI=1S/C16H17ClO5/c1-11(18)15-7-12(17)4-5-16(15)22-9-13(19)8-20-10-14-3-2-6-21-14/h2-7,13,19H,8-10H2,1H3. The minimum atomic E-state index is -0.814. The lowest BCUT2D eigenvalue weighted by Crippen LogP contribution is -2.23. The van der Waals surface area contributed by atoms with Gasteiger partial charge in [-0.1, -0.05) is 11.6 Å². The number of benzene rings is 1. The van der Waals surface area contributed by atoms with E-state index in [2.05, 4.69) is 0 Å². The smallest absolute Gasteiger partial charge is 0.163 e. The number of carbonyl (C=O) groups is 1. The Morgan fingerprint density at radius 1 is 1.36 bits per heavy atom. The van der Waals surface area contributed by atoms with E-state index in [1.165, 1.54) is 6.92 Å². The largest absolute Gasteiger partial charge is 0.490 e. The molecule has 1 N–H and O–H groups in total. The molecule has 0 fully saturated rings. The van der Waals surface area contributed by atoms with Gasteiger partial charge in [0, 0.05) is 5.02 Å². The van der Waals surface area contributed by atoms with Crippen LogP contribution in [0.3, 0.4) is 0 Å². The van der Waals surface area contributed by atoms with Crippen LogP contribution in [0.15, 0.2) is 41.0 Å². The molecule has 0 saturated carbocycles. The summed E-state index contributed by atoms with van der Waals surface area (Å²) in [4.78, 5) is 11.5. The van der Waals surface area contributed by atoms with Crippen LogP contribution in [-0.2, 0) is 11.3 Å². The molecule has 1 atom stereocenters. The number of ketones is 1. The Morgan fingerprint density at radius 3 is 2.86 bits per heavy atom. The van der Waals surface area contributed by atoms with Gasteiger partial charge < -0.3 is 19.0 Å². The highest BCUT2D eigenvalue weighted by molar-refractivity contribution is 6.31. The van der Waals surface area contributed by atoms with E-state index in [-0.39, 0.29) is 25.6 Å². The van der Waals surface area contributed by atoms with Crippen molar-refractivity contribution in [2.75, 3.05) is 13.2 Å². The van der Waals surface area contributed by atoms with E-state index in [9.17, 15) is 9.90 Å². The Morgan fingerprint density at radius 2 is 2.18 bits per heavy atom. The topological polar surface area (TPSA) is 68.9 Å². The maximum atomic E-state index is 11.5. The van der Waals surface area contributed by atoms with Crippen molar-refractivity contribution in [1.29, 1.82) is 0 Å². The molecule has 1 unspecified atom stereocenters. The SMILES string of the molecule is CC(=O)c1cc(Cl)ccc1OCC(O)COCc1ccco1. The number of furan rings is 1. The van der Waals surface area contributed by atoms with Crippen LogP contribution in [-0.4, -0.2) is 30.2 Å². The van der Waals surface area contributed by atoms with E-state index >= 15 is 0 Å². The van der Waals surface area contributed by atoms with Gasteiger partial charge in [-0.15, -0.1) is 0 Å². The van der Waals surface area contributed by atoms with Gasteiger partial charge in [-0.05, 0) is 37.3 Å². The lowest BCUT2D eigenvalue weighted by atomic mass is 10.1. The molecule has 1 aromatic heterocycles. The summed E-state index contributed by atoms with van der Waals surface area (Å²) in [5.74, 6) is 0.924. The highest BCUT2D eigenvalue weighted by atomic mass is 35.5. The zero-order valence-corrected chi connectivity index (χ0v) is 12.9. The lowest BCUT2D eigenvalue weighted by molar-refractivity contribution is 0.000758. The van der Waals surface area contributed by atoms with Crippen molar-refractivity contribution in [3.8, 4) is 5.75 Å². The molecule has 0 radical (unpaired) electrons. The Hall–Kier alpha value is -1.82. The molecule has 6 heteroatoms. The van der Waals surface area contributed by atoms with Crippen LogP contribution >= 0.6 is 11.6 Å². The molecule has 0 aliphatic rings. The molecule has 2 aromatic rings. The number of halogens is 1. The molecule has 22 heavy (non-hydrogen) atoms. The third kappa shape index (κ3) is 4.87. The summed E-state index contributed by atoms with van der Waals surface area (Å²) in [6.07, 6.45) is 0.743. The van der Waals surface area contributed by atoms with Gasteiger partial charge in [-0.2, -0.15) is 0 Å². The van der Waals surface area contributed by atoms with E-state index in [0.29, 0.717) is 22.1 Å². The van der Waals surface area contributed by atoms with Gasteiger partial charge in [0.2, 0.25) is 0 Å². The summed E-state index contributed by atoms with van der Waals surface area (Å²) in [6, 6.07) is 8.33. The number of aliphatic hydroxyl groups excluding tert-OH is 1. The van der Waals surface area contributed by atoms with Crippen LogP contribution in [0.25, 0.3) is 0 Å². The lowest BCUT2D eigenvalue weighted by Gasteiger charge is -2.14. The minimum Gasteiger partial charge on any atom is -0.490 e. The minimum absolute atomic E-state index is 0.0140. The van der Waals surface area contributed by atoms with E-state index in [1.54, 1.807) is 36.6 Å². The van der Waals surface area contributed by atoms with E-state index in [0.717, 1.165) is 0 Å². The third-order valence-corrected chi connectivity index (χ3v) is 3.12. The van der Waals surface area contributed by atoms with Crippen molar-refractivity contribution in [2.24, 2.45) is 0 Å². The van der Waals surface area contributed by atoms with Gasteiger partial charge >= 0.3 is 0 Å². The summed E-state index contributed by atoms with van der Waals surface area (Å²) < 4.78 is 15.9. The van der Waals surface area contributed by atoms with E-state index in [4.69, 9.17) is 25.5 Å². The van der Waals surface area contributed by atoms with Gasteiger partial charge in [0.25, 0.3) is 0 Å². The molecule has 5 nitrogen and oxygen atoms in total. The molecule has 1 aromatic carbocycles. The molecule has 0 amide bonds. The highest BCUT2D eigenvalue weighted by Crippen LogP contribution is 2.23. The molecule has 0 aliphatic heterocycles. The summed E-state index contributed by atoms with van der Waals surface area (Å²) in [5, 5.41) is 10.3. The number of rotatable bonds is 8. The molecule has 2 rings (SSSR count). The predicted molar refractivity (Wildman–Crippen MR) is 81.3 cm³/mol. The van der Waals surface area contributed by atoms with Crippen LogP contribution in [0, 0.1) is 0 Å². The number of aliphatic hydroxyl groups is 1. The maximum Gasteiger partial charge on any atom is 0.163 e. The second kappa shape index (κ2) is 7.98. The van der Waals surface area contributed by atoms with Gasteiger partial charge in [0.05, 0.1) is 18.4 Å². The van der Waals surface area contributed by atoms with Crippen LogP contribution in [0.4, 0.5) is 0 Å². The number of hydrogen-bond donors (Lipinski definition) is 1. The number of Topliss-reactive ketones (excluding diaryl/α,β-unsaturated/α-hetero) is 1. The van der Waals surface area contributed by atoms with Crippen molar-refractivity contribution in [3.05, 3.63) is 52.9 Å². The zero-order chi connectivity index (χ0) is 15.9. The highest BCUT2D eigenvalue weighted by Gasteiger charge is 2.12. The summed E-state index contributed by atoms with van der Waals surface area (Å²) in [7, 11) is 0. The first-order chi connectivity index (χ1) is 10.6. The number of ether oxygens (including phenoxy) is 2. The van der Waals surface area contributed by atoms with Crippen molar-refractivity contribution >= 4 is 17.4 Å². The van der Waals surface area contributed by atoms with E-state index < -0.39 is 6.10 Å². The maximum absolute atomic E-state index is 11.5. The Labute approximate surface area is 133 Å². The van der Waals surface area contributed by atoms with Crippen molar-refractivity contribution in [3.63, 3.8) is 0 Å². The predicted octanol–water partition coefficient (Wildman–Crippen LogP) is 3.09. The molecule has 0 aliphatic carbocycles. The Balaban J connectivity index is 1.80. The third-order valence-electron chi connectivity index (χ3n) is 2.89. The average molecular weight is 325 g/mol.